The van der Waals surface area contributed by atoms with Crippen molar-refractivity contribution in [2.75, 3.05) is 23.3 Å². The highest BCUT2D eigenvalue weighted by molar-refractivity contribution is 7.92. The number of hydrogen-bond donors (Lipinski definition) is 2. The van der Waals surface area contributed by atoms with Crippen molar-refractivity contribution >= 4 is 44.8 Å². The van der Waals surface area contributed by atoms with Gasteiger partial charge in [-0.3, -0.25) is 14.3 Å². The zero-order valence-corrected chi connectivity index (χ0v) is 16.7. The van der Waals surface area contributed by atoms with Gasteiger partial charge in [-0.15, -0.1) is 0 Å². The number of nitrogens with one attached hydrogen (secondary N) is 2. The van der Waals surface area contributed by atoms with Crippen LogP contribution in [0.5, 0.6) is 0 Å². The van der Waals surface area contributed by atoms with Crippen molar-refractivity contribution in [3.05, 3.63) is 58.6 Å². The third-order valence-corrected chi connectivity index (χ3v) is 4.39. The van der Waals surface area contributed by atoms with Gasteiger partial charge in [-0.2, -0.15) is 0 Å². The molecule has 0 aliphatic heterocycles. The summed E-state index contributed by atoms with van der Waals surface area (Å²) >= 11 is 5.87. The van der Waals surface area contributed by atoms with Crippen LogP contribution < -0.4 is 10.0 Å². The topological polar surface area (TPSA) is 95.6 Å². The second-order valence-corrected chi connectivity index (χ2v) is 8.29. The molecule has 144 valence electrons. The van der Waals surface area contributed by atoms with Crippen LogP contribution in [0.4, 0.5) is 11.4 Å². The van der Waals surface area contributed by atoms with E-state index in [9.17, 15) is 18.0 Å². The molecule has 0 atom stereocenters. The molecule has 0 bridgehead atoms. The molecule has 0 spiro atoms. The average Bonchev–Trinajstić information content (AvgIpc) is 2.56. The highest BCUT2D eigenvalue weighted by Gasteiger charge is 2.19. The molecule has 2 amide bonds. The molecule has 0 aliphatic rings. The van der Waals surface area contributed by atoms with Gasteiger partial charge in [0.2, 0.25) is 15.9 Å². The van der Waals surface area contributed by atoms with Gasteiger partial charge in [0.05, 0.1) is 17.5 Å². The molecule has 0 radical (unpaired) electrons. The molecule has 2 aromatic rings. The smallest absolute Gasteiger partial charge is 0.256 e. The molecule has 0 aliphatic carbocycles. The minimum atomic E-state index is -3.58. The zero-order chi connectivity index (χ0) is 20.2. The Morgan fingerprint density at radius 2 is 1.74 bits per heavy atom. The van der Waals surface area contributed by atoms with Crippen LogP contribution in [-0.4, -0.2) is 38.4 Å². The lowest BCUT2D eigenvalue weighted by molar-refractivity contribution is -0.114. The molecule has 2 rings (SSSR count). The van der Waals surface area contributed by atoms with Crippen molar-refractivity contribution in [2.24, 2.45) is 0 Å². The van der Waals surface area contributed by atoms with E-state index < -0.39 is 15.9 Å². The monoisotopic (exact) mass is 409 g/mol. The van der Waals surface area contributed by atoms with E-state index in [2.05, 4.69) is 10.0 Å². The van der Waals surface area contributed by atoms with Crippen molar-refractivity contribution in [3.8, 4) is 0 Å². The minimum Gasteiger partial charge on any atom is -0.337 e. The largest absolute Gasteiger partial charge is 0.337 e. The third-order valence-electron chi connectivity index (χ3n) is 3.55. The van der Waals surface area contributed by atoms with Crippen LogP contribution in [-0.2, 0) is 21.4 Å². The Morgan fingerprint density at radius 1 is 1.11 bits per heavy atom. The maximum absolute atomic E-state index is 12.9. The van der Waals surface area contributed by atoms with Crippen LogP contribution in [0.25, 0.3) is 0 Å². The van der Waals surface area contributed by atoms with E-state index >= 15 is 0 Å². The number of carbonyl (C=O) groups is 2. The van der Waals surface area contributed by atoms with E-state index in [1.54, 1.807) is 31.3 Å². The second kappa shape index (κ2) is 8.41. The first kappa shape index (κ1) is 20.7. The number of rotatable bonds is 6. The Labute approximate surface area is 163 Å². The summed E-state index contributed by atoms with van der Waals surface area (Å²) < 4.78 is 25.6. The molecule has 27 heavy (non-hydrogen) atoms. The van der Waals surface area contributed by atoms with Crippen molar-refractivity contribution in [2.45, 2.75) is 13.5 Å². The zero-order valence-electron chi connectivity index (χ0n) is 15.1. The summed E-state index contributed by atoms with van der Waals surface area (Å²) in [5.41, 5.74) is 1.53. The SMILES string of the molecule is CC(=O)Nc1ccc(NS(C)(=O)=O)c(C(=O)N(C)Cc2ccc(Cl)cc2)c1. The molecule has 2 aromatic carbocycles. The molecular formula is C18H20ClN3O4S. The van der Waals surface area contributed by atoms with Gasteiger partial charge in [-0.05, 0) is 35.9 Å². The number of benzene rings is 2. The average molecular weight is 410 g/mol. The first-order valence-electron chi connectivity index (χ1n) is 7.94. The predicted octanol–water partition coefficient (Wildman–Crippen LogP) is 2.94. The summed E-state index contributed by atoms with van der Waals surface area (Å²) in [4.78, 5) is 25.6. The van der Waals surface area contributed by atoms with Crippen LogP contribution >= 0.6 is 11.6 Å². The summed E-state index contributed by atoms with van der Waals surface area (Å²) in [6, 6.07) is 11.5. The van der Waals surface area contributed by atoms with Gasteiger partial charge in [0.15, 0.2) is 0 Å². The molecule has 0 unspecified atom stereocenters. The summed E-state index contributed by atoms with van der Waals surface area (Å²) in [6.07, 6.45) is 1.00. The number of nitrogens with zero attached hydrogens (tertiary/aromatic N) is 1. The fourth-order valence-electron chi connectivity index (χ4n) is 2.43. The predicted molar refractivity (Wildman–Crippen MR) is 106 cm³/mol. The van der Waals surface area contributed by atoms with Gasteiger partial charge < -0.3 is 10.2 Å². The molecule has 9 heteroatoms. The Kier molecular flexibility index (Phi) is 6.45. The number of sulfonamides is 1. The van der Waals surface area contributed by atoms with Crippen LogP contribution in [0.3, 0.4) is 0 Å². The highest BCUT2D eigenvalue weighted by Crippen LogP contribution is 2.24. The van der Waals surface area contributed by atoms with Gasteiger partial charge in [-0.1, -0.05) is 23.7 Å². The van der Waals surface area contributed by atoms with E-state index in [1.807, 2.05) is 0 Å². The van der Waals surface area contributed by atoms with Gasteiger partial charge in [0.1, 0.15) is 0 Å². The van der Waals surface area contributed by atoms with Crippen molar-refractivity contribution in [1.82, 2.24) is 4.90 Å². The summed E-state index contributed by atoms with van der Waals surface area (Å²) in [5, 5.41) is 3.18. The summed E-state index contributed by atoms with van der Waals surface area (Å²) in [7, 11) is -1.98. The number of halogens is 1. The van der Waals surface area contributed by atoms with Crippen LogP contribution in [0.2, 0.25) is 5.02 Å². The maximum atomic E-state index is 12.9. The first-order valence-corrected chi connectivity index (χ1v) is 10.2. The summed E-state index contributed by atoms with van der Waals surface area (Å²) in [6.45, 7) is 1.65. The van der Waals surface area contributed by atoms with Gasteiger partial charge in [0, 0.05) is 31.2 Å². The number of amides is 2. The Bertz CT molecular complexity index is 959. The molecule has 0 aromatic heterocycles. The lowest BCUT2D eigenvalue weighted by Gasteiger charge is -2.20. The quantitative estimate of drug-likeness (QED) is 0.766. The van der Waals surface area contributed by atoms with Gasteiger partial charge in [-0.25, -0.2) is 8.42 Å². The lowest BCUT2D eigenvalue weighted by Crippen LogP contribution is -2.27. The fraction of sp³-hybridized carbons (Fsp3) is 0.222. The van der Waals surface area contributed by atoms with Gasteiger partial charge in [0.25, 0.3) is 5.91 Å². The molecule has 2 N–H and O–H groups in total. The van der Waals surface area contributed by atoms with Crippen molar-refractivity contribution in [3.63, 3.8) is 0 Å². The van der Waals surface area contributed by atoms with Crippen LogP contribution in [0.1, 0.15) is 22.8 Å². The van der Waals surface area contributed by atoms with E-state index in [4.69, 9.17) is 11.6 Å². The van der Waals surface area contributed by atoms with E-state index in [-0.39, 0.29) is 17.2 Å². The van der Waals surface area contributed by atoms with Crippen LogP contribution in [0.15, 0.2) is 42.5 Å². The standard InChI is InChI=1S/C18H20ClN3O4S/c1-12(23)20-15-8-9-17(21-27(3,25)26)16(10-15)18(24)22(2)11-13-4-6-14(19)7-5-13/h4-10,21H,11H2,1-3H3,(H,20,23). The Morgan fingerprint density at radius 3 is 2.30 bits per heavy atom. The van der Waals surface area contributed by atoms with Crippen molar-refractivity contribution < 1.29 is 18.0 Å². The molecule has 0 fully saturated rings. The van der Waals surface area contributed by atoms with E-state index in [0.717, 1.165) is 11.8 Å². The molecule has 7 nitrogen and oxygen atoms in total. The Balaban J connectivity index is 2.34. The normalized spacial score (nSPS) is 11.0. The number of carbonyl (C=O) groups excluding carboxylic acids is 2. The molecule has 0 saturated carbocycles. The first-order chi connectivity index (χ1) is 12.5. The Hall–Kier alpha value is -2.58. The third kappa shape index (κ3) is 6.26. The van der Waals surface area contributed by atoms with Gasteiger partial charge >= 0.3 is 0 Å². The van der Waals surface area contributed by atoms with Crippen molar-refractivity contribution in [1.29, 1.82) is 0 Å². The number of hydrogen-bond acceptors (Lipinski definition) is 4. The lowest BCUT2D eigenvalue weighted by atomic mass is 10.1. The maximum Gasteiger partial charge on any atom is 0.256 e. The van der Waals surface area contributed by atoms with E-state index in [0.29, 0.717) is 17.3 Å². The fourth-order valence-corrected chi connectivity index (χ4v) is 3.14. The van der Waals surface area contributed by atoms with Crippen LogP contribution in [0, 0.1) is 0 Å². The minimum absolute atomic E-state index is 0.128. The second-order valence-electron chi connectivity index (χ2n) is 6.10. The molecule has 0 saturated heterocycles. The summed E-state index contributed by atoms with van der Waals surface area (Å²) in [5.74, 6) is -0.699. The highest BCUT2D eigenvalue weighted by atomic mass is 35.5. The molecular weight excluding hydrogens is 390 g/mol. The molecule has 0 heterocycles. The van der Waals surface area contributed by atoms with E-state index in [1.165, 1.54) is 30.0 Å². The number of anilines is 2.